The van der Waals surface area contributed by atoms with Crippen LogP contribution in [0.25, 0.3) is 10.9 Å². The minimum absolute atomic E-state index is 0.0281. The van der Waals surface area contributed by atoms with Crippen LogP contribution in [0.15, 0.2) is 87.4 Å². The molecule has 198 valence electrons. The van der Waals surface area contributed by atoms with Crippen LogP contribution in [-0.2, 0) is 24.4 Å². The highest BCUT2D eigenvalue weighted by atomic mass is 79.9. The molecule has 0 atom stereocenters. The maximum absolute atomic E-state index is 13.3. The van der Waals surface area contributed by atoms with E-state index in [1.807, 2.05) is 6.07 Å². The summed E-state index contributed by atoms with van der Waals surface area (Å²) < 4.78 is 13.7. The minimum atomic E-state index is -0.684. The van der Waals surface area contributed by atoms with Gasteiger partial charge in [-0.05, 0) is 60.2 Å². The molecule has 0 fully saturated rings. The van der Waals surface area contributed by atoms with E-state index in [0.717, 1.165) is 14.6 Å². The number of allylic oxidation sites excluding steroid dienone is 1. The molecule has 1 aliphatic rings. The van der Waals surface area contributed by atoms with Crippen LogP contribution in [0.2, 0.25) is 0 Å². The molecule has 0 bridgehead atoms. The molecule has 0 radical (unpaired) electrons. The van der Waals surface area contributed by atoms with Gasteiger partial charge in [0.05, 0.1) is 10.9 Å². The molecule has 2 amide bonds. The topological polar surface area (TPSA) is 121 Å². The Bertz CT molecular complexity index is 1730. The van der Waals surface area contributed by atoms with E-state index in [1.165, 1.54) is 28.8 Å². The van der Waals surface area contributed by atoms with Crippen molar-refractivity contribution >= 4 is 44.3 Å². The number of hydrogen-bond acceptors (Lipinski definition) is 6. The molecular formula is C28H23BrN4O6. The monoisotopic (exact) mass is 590 g/mol. The Hall–Kier alpha value is -4.64. The first-order valence-electron chi connectivity index (χ1n) is 11.9. The molecule has 2 heterocycles. The van der Waals surface area contributed by atoms with Gasteiger partial charge in [-0.1, -0.05) is 28.1 Å². The Morgan fingerprint density at radius 3 is 2.51 bits per heavy atom. The second-order valence-corrected chi connectivity index (χ2v) is 9.65. The van der Waals surface area contributed by atoms with E-state index >= 15 is 0 Å². The molecule has 39 heavy (non-hydrogen) atoms. The molecule has 3 aromatic carbocycles. The quantitative estimate of drug-likeness (QED) is 0.303. The molecule has 1 aromatic heterocycles. The van der Waals surface area contributed by atoms with E-state index in [0.29, 0.717) is 17.2 Å². The summed E-state index contributed by atoms with van der Waals surface area (Å²) in [6, 6.07) is 16.8. The zero-order chi connectivity index (χ0) is 27.5. The second kappa shape index (κ2) is 11.0. The molecule has 1 aliphatic heterocycles. The Kier molecular flexibility index (Phi) is 7.33. The number of rotatable bonds is 8. The van der Waals surface area contributed by atoms with Gasteiger partial charge in [-0.3, -0.25) is 23.5 Å². The average molecular weight is 591 g/mol. The third-order valence-corrected chi connectivity index (χ3v) is 6.65. The van der Waals surface area contributed by atoms with Crippen molar-refractivity contribution in [3.8, 4) is 11.5 Å². The van der Waals surface area contributed by atoms with Crippen molar-refractivity contribution in [3.05, 3.63) is 110 Å². The number of benzene rings is 3. The lowest BCUT2D eigenvalue weighted by atomic mass is 10.1. The highest BCUT2D eigenvalue weighted by molar-refractivity contribution is 9.10. The Labute approximate surface area is 230 Å². The molecule has 10 nitrogen and oxygen atoms in total. The van der Waals surface area contributed by atoms with Gasteiger partial charge in [0.25, 0.3) is 11.5 Å². The highest BCUT2D eigenvalue weighted by Crippen LogP contribution is 2.32. The summed E-state index contributed by atoms with van der Waals surface area (Å²) >= 11 is 3.34. The standard InChI is InChI=1S/C28H23BrN4O6/c1-2-11-32-27(36)21-9-4-18(26(35)30-14-17-3-10-23-24(12-17)39-16-38-23)13-22(21)33(28(32)37)15-25(34)31-20-7-5-19(29)6-8-20/h2-10,12-13H,1,11,14-16H2,(H,30,35)(H,31,34). The summed E-state index contributed by atoms with van der Waals surface area (Å²) in [4.78, 5) is 52.2. The van der Waals surface area contributed by atoms with Gasteiger partial charge in [0.2, 0.25) is 12.7 Å². The highest BCUT2D eigenvalue weighted by Gasteiger charge is 2.18. The molecule has 0 spiro atoms. The summed E-state index contributed by atoms with van der Waals surface area (Å²) in [6.07, 6.45) is 1.43. The molecule has 4 aromatic rings. The van der Waals surface area contributed by atoms with Crippen LogP contribution in [-0.4, -0.2) is 27.7 Å². The zero-order valence-electron chi connectivity index (χ0n) is 20.6. The van der Waals surface area contributed by atoms with Gasteiger partial charge in [0.1, 0.15) is 6.54 Å². The second-order valence-electron chi connectivity index (χ2n) is 8.73. The Morgan fingerprint density at radius 1 is 0.974 bits per heavy atom. The molecule has 11 heteroatoms. The molecule has 0 saturated heterocycles. The van der Waals surface area contributed by atoms with Gasteiger partial charge in [-0.15, -0.1) is 6.58 Å². The van der Waals surface area contributed by atoms with Crippen molar-refractivity contribution in [2.75, 3.05) is 12.1 Å². The van der Waals surface area contributed by atoms with Gasteiger partial charge in [0.15, 0.2) is 11.5 Å². The van der Waals surface area contributed by atoms with Crippen molar-refractivity contribution in [2.45, 2.75) is 19.6 Å². The number of fused-ring (bicyclic) bond motifs is 2. The summed E-state index contributed by atoms with van der Waals surface area (Å²) in [6.45, 7) is 3.59. The fraction of sp³-hybridized carbons (Fsp3) is 0.143. The maximum Gasteiger partial charge on any atom is 0.332 e. The van der Waals surface area contributed by atoms with Crippen LogP contribution in [0.5, 0.6) is 11.5 Å². The third-order valence-electron chi connectivity index (χ3n) is 6.12. The van der Waals surface area contributed by atoms with Crippen LogP contribution in [0.4, 0.5) is 5.69 Å². The fourth-order valence-corrected chi connectivity index (χ4v) is 4.48. The molecular weight excluding hydrogens is 568 g/mol. The van der Waals surface area contributed by atoms with E-state index < -0.39 is 23.1 Å². The number of amides is 2. The van der Waals surface area contributed by atoms with Crippen LogP contribution in [0.1, 0.15) is 15.9 Å². The number of ether oxygens (including phenoxy) is 2. The van der Waals surface area contributed by atoms with Crippen molar-refractivity contribution < 1.29 is 19.1 Å². The van der Waals surface area contributed by atoms with Gasteiger partial charge in [-0.25, -0.2) is 4.79 Å². The number of nitrogens with zero attached hydrogens (tertiary/aromatic N) is 2. The van der Waals surface area contributed by atoms with Gasteiger partial charge in [0, 0.05) is 28.8 Å². The minimum Gasteiger partial charge on any atom is -0.454 e. The number of nitrogens with one attached hydrogen (secondary N) is 2. The molecule has 0 unspecified atom stereocenters. The summed E-state index contributed by atoms with van der Waals surface area (Å²) in [5.74, 6) is 0.364. The van der Waals surface area contributed by atoms with E-state index in [-0.39, 0.29) is 42.9 Å². The molecule has 2 N–H and O–H groups in total. The van der Waals surface area contributed by atoms with E-state index in [2.05, 4.69) is 33.1 Å². The van der Waals surface area contributed by atoms with Gasteiger partial charge >= 0.3 is 5.69 Å². The first-order chi connectivity index (χ1) is 18.8. The van der Waals surface area contributed by atoms with Crippen molar-refractivity contribution in [1.29, 1.82) is 0 Å². The lowest BCUT2D eigenvalue weighted by Gasteiger charge is -2.14. The SMILES string of the molecule is C=CCn1c(=O)c2ccc(C(=O)NCc3ccc4c(c3)OCO4)cc2n(CC(=O)Nc2ccc(Br)cc2)c1=O. The molecule has 0 aliphatic carbocycles. The van der Waals surface area contributed by atoms with E-state index in [4.69, 9.17) is 9.47 Å². The molecule has 0 saturated carbocycles. The zero-order valence-corrected chi connectivity index (χ0v) is 22.2. The average Bonchev–Trinajstić information content (AvgIpc) is 3.41. The van der Waals surface area contributed by atoms with Crippen LogP contribution < -0.4 is 31.4 Å². The third kappa shape index (κ3) is 5.48. The predicted octanol–water partition coefficient (Wildman–Crippen LogP) is 3.41. The first-order valence-corrected chi connectivity index (χ1v) is 12.7. The van der Waals surface area contributed by atoms with Crippen LogP contribution in [0, 0.1) is 0 Å². The fourth-order valence-electron chi connectivity index (χ4n) is 4.21. The van der Waals surface area contributed by atoms with E-state index in [1.54, 1.807) is 36.4 Å². The predicted molar refractivity (Wildman–Crippen MR) is 149 cm³/mol. The van der Waals surface area contributed by atoms with Crippen molar-refractivity contribution in [3.63, 3.8) is 0 Å². The van der Waals surface area contributed by atoms with Crippen molar-refractivity contribution in [2.24, 2.45) is 0 Å². The number of aromatic nitrogens is 2. The lowest BCUT2D eigenvalue weighted by molar-refractivity contribution is -0.116. The number of halogens is 1. The van der Waals surface area contributed by atoms with E-state index in [9.17, 15) is 19.2 Å². The number of hydrogen-bond donors (Lipinski definition) is 2. The Balaban J connectivity index is 1.45. The number of carbonyl (C=O) groups excluding carboxylic acids is 2. The molecule has 5 rings (SSSR count). The first kappa shape index (κ1) is 26.0. The van der Waals surface area contributed by atoms with Gasteiger partial charge in [-0.2, -0.15) is 0 Å². The number of anilines is 1. The summed E-state index contributed by atoms with van der Waals surface area (Å²) in [7, 11) is 0. The lowest BCUT2D eigenvalue weighted by Crippen LogP contribution is -2.41. The van der Waals surface area contributed by atoms with Crippen molar-refractivity contribution in [1.82, 2.24) is 14.5 Å². The van der Waals surface area contributed by atoms with Crippen LogP contribution in [0.3, 0.4) is 0 Å². The maximum atomic E-state index is 13.3. The summed E-state index contributed by atoms with van der Waals surface area (Å²) in [5, 5.41) is 5.77. The summed E-state index contributed by atoms with van der Waals surface area (Å²) in [5.41, 5.74) is 0.534. The normalized spacial score (nSPS) is 11.8. The van der Waals surface area contributed by atoms with Gasteiger partial charge < -0.3 is 20.1 Å². The largest absolute Gasteiger partial charge is 0.454 e. The Morgan fingerprint density at radius 2 is 1.74 bits per heavy atom. The number of carbonyl (C=O) groups is 2. The smallest absolute Gasteiger partial charge is 0.332 e. The van der Waals surface area contributed by atoms with Crippen LogP contribution >= 0.6 is 15.9 Å².